The molecule has 0 unspecified atom stereocenters. The van der Waals surface area contributed by atoms with Gasteiger partial charge in [0, 0.05) is 40.3 Å². The molecule has 98 valence electrons. The van der Waals surface area contributed by atoms with Crippen molar-refractivity contribution in [2.75, 3.05) is 12.8 Å². The molecule has 1 aromatic carbocycles. The van der Waals surface area contributed by atoms with Crippen molar-refractivity contribution in [1.82, 2.24) is 15.0 Å². The Morgan fingerprint density at radius 3 is 2.85 bits per heavy atom. The Kier molecular flexibility index (Phi) is 2.12. The van der Waals surface area contributed by atoms with E-state index >= 15 is 0 Å². The first-order chi connectivity index (χ1) is 9.79. The van der Waals surface area contributed by atoms with Crippen LogP contribution in [-0.4, -0.2) is 22.1 Å². The van der Waals surface area contributed by atoms with Crippen LogP contribution < -0.4 is 10.5 Å². The van der Waals surface area contributed by atoms with Gasteiger partial charge < -0.3 is 15.5 Å². The largest absolute Gasteiger partial charge is 0.495 e. The number of aromatic nitrogens is 3. The van der Waals surface area contributed by atoms with Crippen molar-refractivity contribution < 1.29 is 4.74 Å². The Morgan fingerprint density at radius 1 is 1.10 bits per heavy atom. The molecule has 0 radical (unpaired) electrons. The number of anilines is 1. The van der Waals surface area contributed by atoms with E-state index in [4.69, 9.17) is 10.5 Å². The summed E-state index contributed by atoms with van der Waals surface area (Å²) in [7, 11) is 1.60. The second-order valence-corrected chi connectivity index (χ2v) is 4.67. The lowest BCUT2D eigenvalue weighted by Gasteiger charge is -2.07. The molecule has 0 aliphatic carbocycles. The van der Waals surface area contributed by atoms with Crippen LogP contribution in [0.1, 0.15) is 0 Å². The number of nitrogen functional groups attached to an aromatic ring is 1. The van der Waals surface area contributed by atoms with Crippen molar-refractivity contribution in [2.45, 2.75) is 0 Å². The Balaban J connectivity index is 2.21. The number of hydrogen-bond acceptors (Lipinski definition) is 4. The lowest BCUT2D eigenvalue weighted by atomic mass is 10.1. The van der Waals surface area contributed by atoms with Crippen molar-refractivity contribution in [3.63, 3.8) is 0 Å². The Hall–Kier alpha value is -2.82. The molecule has 4 rings (SSSR count). The molecule has 5 heteroatoms. The third-order valence-corrected chi connectivity index (χ3v) is 3.63. The monoisotopic (exact) mass is 264 g/mol. The van der Waals surface area contributed by atoms with E-state index in [-0.39, 0.29) is 0 Å². The normalized spacial score (nSPS) is 11.4. The summed E-state index contributed by atoms with van der Waals surface area (Å²) in [6.45, 7) is 0. The molecule has 3 N–H and O–H groups in total. The summed E-state index contributed by atoms with van der Waals surface area (Å²) in [6, 6.07) is 5.79. The zero-order valence-corrected chi connectivity index (χ0v) is 10.8. The van der Waals surface area contributed by atoms with Gasteiger partial charge in [-0.3, -0.25) is 9.97 Å². The highest BCUT2D eigenvalue weighted by molar-refractivity contribution is 6.17. The van der Waals surface area contributed by atoms with Crippen LogP contribution in [0.15, 0.2) is 36.8 Å². The number of hydrogen-bond donors (Lipinski definition) is 2. The molecule has 0 aliphatic heterocycles. The van der Waals surface area contributed by atoms with Crippen LogP contribution in [0.5, 0.6) is 5.75 Å². The van der Waals surface area contributed by atoms with Gasteiger partial charge in [-0.2, -0.15) is 0 Å². The predicted molar refractivity (Wildman–Crippen MR) is 79.9 cm³/mol. The van der Waals surface area contributed by atoms with E-state index in [0.29, 0.717) is 11.4 Å². The second-order valence-electron chi connectivity index (χ2n) is 4.67. The summed E-state index contributed by atoms with van der Waals surface area (Å²) < 4.78 is 5.24. The van der Waals surface area contributed by atoms with Gasteiger partial charge in [0.25, 0.3) is 0 Å². The molecule has 0 bridgehead atoms. The molecule has 4 aromatic rings. The van der Waals surface area contributed by atoms with Crippen molar-refractivity contribution in [2.24, 2.45) is 0 Å². The first-order valence-electron chi connectivity index (χ1n) is 6.26. The summed E-state index contributed by atoms with van der Waals surface area (Å²) in [5, 5.41) is 3.09. The number of nitrogens with zero attached hydrogens (tertiary/aromatic N) is 2. The van der Waals surface area contributed by atoms with Crippen molar-refractivity contribution >= 4 is 38.4 Å². The van der Waals surface area contributed by atoms with E-state index in [1.54, 1.807) is 13.3 Å². The van der Waals surface area contributed by atoms with E-state index in [0.717, 1.165) is 32.7 Å². The van der Waals surface area contributed by atoms with Crippen LogP contribution in [0.2, 0.25) is 0 Å². The summed E-state index contributed by atoms with van der Waals surface area (Å²) in [5.74, 6) is 0.641. The van der Waals surface area contributed by atoms with Gasteiger partial charge in [0.05, 0.1) is 18.1 Å². The van der Waals surface area contributed by atoms with Crippen LogP contribution in [0.25, 0.3) is 32.7 Å². The highest BCUT2D eigenvalue weighted by Gasteiger charge is 2.12. The van der Waals surface area contributed by atoms with E-state index < -0.39 is 0 Å². The number of ether oxygens (including phenoxy) is 1. The number of pyridine rings is 2. The summed E-state index contributed by atoms with van der Waals surface area (Å²) in [5.41, 5.74) is 9.47. The molecule has 0 amide bonds. The van der Waals surface area contributed by atoms with Gasteiger partial charge in [0.15, 0.2) is 0 Å². The Labute approximate surface area is 114 Å². The maximum absolute atomic E-state index is 6.10. The molecule has 3 heterocycles. The predicted octanol–water partition coefficient (Wildman–Crippen LogP) is 2.86. The topological polar surface area (TPSA) is 76.8 Å². The van der Waals surface area contributed by atoms with Gasteiger partial charge in [-0.15, -0.1) is 0 Å². The molecule has 3 aromatic heterocycles. The molecular weight excluding hydrogens is 252 g/mol. The van der Waals surface area contributed by atoms with Gasteiger partial charge in [0.1, 0.15) is 11.4 Å². The number of rotatable bonds is 1. The van der Waals surface area contributed by atoms with Gasteiger partial charge in [-0.1, -0.05) is 0 Å². The highest BCUT2D eigenvalue weighted by atomic mass is 16.5. The molecular formula is C15H12N4O. The number of nitrogens with two attached hydrogens (primary N) is 1. The minimum atomic E-state index is 0.559. The van der Waals surface area contributed by atoms with Gasteiger partial charge in [-0.25, -0.2) is 0 Å². The maximum Gasteiger partial charge on any atom is 0.144 e. The zero-order valence-electron chi connectivity index (χ0n) is 10.8. The van der Waals surface area contributed by atoms with Crippen LogP contribution in [0.4, 0.5) is 5.69 Å². The highest BCUT2D eigenvalue weighted by Crippen LogP contribution is 2.34. The van der Waals surface area contributed by atoms with Crippen LogP contribution in [0.3, 0.4) is 0 Å². The summed E-state index contributed by atoms with van der Waals surface area (Å²) >= 11 is 0. The van der Waals surface area contributed by atoms with Gasteiger partial charge in [-0.05, 0) is 18.2 Å². The molecule has 0 saturated carbocycles. The minimum Gasteiger partial charge on any atom is -0.495 e. The fourth-order valence-corrected chi connectivity index (χ4v) is 2.64. The third kappa shape index (κ3) is 1.31. The fraction of sp³-hybridized carbons (Fsp3) is 0.0667. The van der Waals surface area contributed by atoms with Crippen LogP contribution in [-0.2, 0) is 0 Å². The quantitative estimate of drug-likeness (QED) is 0.518. The van der Waals surface area contributed by atoms with Crippen molar-refractivity contribution in [1.29, 1.82) is 0 Å². The average Bonchev–Trinajstić information content (AvgIpc) is 2.86. The summed E-state index contributed by atoms with van der Waals surface area (Å²) in [6.07, 6.45) is 5.44. The second kappa shape index (κ2) is 3.84. The minimum absolute atomic E-state index is 0.559. The van der Waals surface area contributed by atoms with Crippen molar-refractivity contribution in [3.05, 3.63) is 36.8 Å². The zero-order chi connectivity index (χ0) is 13.7. The number of H-pyrrole nitrogens is 1. The number of benzene rings is 1. The Bertz CT molecular complexity index is 958. The van der Waals surface area contributed by atoms with Gasteiger partial charge in [0.2, 0.25) is 0 Å². The molecule has 0 aliphatic rings. The van der Waals surface area contributed by atoms with E-state index in [9.17, 15) is 0 Å². The maximum atomic E-state index is 6.10. The fourth-order valence-electron chi connectivity index (χ4n) is 2.64. The van der Waals surface area contributed by atoms with Crippen LogP contribution >= 0.6 is 0 Å². The molecule has 0 saturated heterocycles. The molecule has 5 nitrogen and oxygen atoms in total. The first kappa shape index (κ1) is 11.0. The SMILES string of the molecule is COc1ccc2c(ncc3c4cnccc4[nH]c23)c1N. The molecule has 0 atom stereocenters. The molecule has 0 spiro atoms. The number of fused-ring (bicyclic) bond motifs is 5. The average molecular weight is 264 g/mol. The smallest absolute Gasteiger partial charge is 0.144 e. The van der Waals surface area contributed by atoms with E-state index in [1.807, 2.05) is 30.6 Å². The number of methoxy groups -OCH3 is 1. The summed E-state index contributed by atoms with van der Waals surface area (Å²) in [4.78, 5) is 12.1. The van der Waals surface area contributed by atoms with Crippen molar-refractivity contribution in [3.8, 4) is 5.75 Å². The van der Waals surface area contributed by atoms with E-state index in [1.165, 1.54) is 0 Å². The van der Waals surface area contributed by atoms with E-state index in [2.05, 4.69) is 15.0 Å². The number of aromatic amines is 1. The lowest BCUT2D eigenvalue weighted by Crippen LogP contribution is -1.95. The Morgan fingerprint density at radius 2 is 2.00 bits per heavy atom. The third-order valence-electron chi connectivity index (χ3n) is 3.63. The molecule has 20 heavy (non-hydrogen) atoms. The number of nitrogens with one attached hydrogen (secondary N) is 1. The van der Waals surface area contributed by atoms with Crippen LogP contribution in [0, 0.1) is 0 Å². The standard InChI is InChI=1S/C15H12N4O/c1-20-12-3-2-8-14-10(7-18-15(8)13(12)16)9-6-17-5-4-11(9)19-14/h2-7,19H,16H2,1H3. The van der Waals surface area contributed by atoms with Gasteiger partial charge >= 0.3 is 0 Å². The lowest BCUT2D eigenvalue weighted by molar-refractivity contribution is 0.417. The molecule has 0 fully saturated rings. The first-order valence-corrected chi connectivity index (χ1v) is 6.26.